The van der Waals surface area contributed by atoms with Crippen molar-refractivity contribution in [2.24, 2.45) is 0 Å². The summed E-state index contributed by atoms with van der Waals surface area (Å²) in [5.74, 6) is 0.695. The summed E-state index contributed by atoms with van der Waals surface area (Å²) in [5.41, 5.74) is 1.17. The predicted molar refractivity (Wildman–Crippen MR) is 82.3 cm³/mol. The van der Waals surface area contributed by atoms with Crippen molar-refractivity contribution in [3.05, 3.63) is 23.3 Å². The Labute approximate surface area is 125 Å². The molecule has 0 aliphatic heterocycles. The van der Waals surface area contributed by atoms with Gasteiger partial charge in [-0.25, -0.2) is 4.79 Å². The van der Waals surface area contributed by atoms with Gasteiger partial charge in [-0.15, -0.1) is 0 Å². The molecule has 0 atom stereocenters. The average molecular weight is 293 g/mol. The summed E-state index contributed by atoms with van der Waals surface area (Å²) in [4.78, 5) is 23.0. The first-order chi connectivity index (χ1) is 9.67. The zero-order valence-electron chi connectivity index (χ0n) is 13.4. The van der Waals surface area contributed by atoms with E-state index in [0.717, 1.165) is 11.8 Å². The van der Waals surface area contributed by atoms with Crippen LogP contribution in [0.1, 0.15) is 56.5 Å². The maximum atomic E-state index is 11.9. The summed E-state index contributed by atoms with van der Waals surface area (Å²) in [6.07, 6.45) is 0.157. The maximum absolute atomic E-state index is 11.9. The number of carbonyl (C=O) groups excluding carboxylic acids is 2. The van der Waals surface area contributed by atoms with E-state index in [-0.39, 0.29) is 5.92 Å². The lowest BCUT2D eigenvalue weighted by Gasteiger charge is -2.21. The Balaban J connectivity index is 3.18. The largest absolute Gasteiger partial charge is 0.494 e. The summed E-state index contributed by atoms with van der Waals surface area (Å²) in [6.45, 7) is 9.33. The van der Waals surface area contributed by atoms with Crippen molar-refractivity contribution in [3.8, 4) is 5.75 Å². The first-order valence-corrected chi connectivity index (χ1v) is 6.85. The van der Waals surface area contributed by atoms with E-state index in [2.05, 4.69) is 5.32 Å². The third kappa shape index (κ3) is 4.77. The van der Waals surface area contributed by atoms with Crippen molar-refractivity contribution in [1.82, 2.24) is 0 Å². The topological polar surface area (TPSA) is 64.6 Å². The Bertz CT molecular complexity index is 530. The van der Waals surface area contributed by atoms with E-state index >= 15 is 0 Å². The first-order valence-electron chi connectivity index (χ1n) is 6.85. The molecule has 5 nitrogen and oxygen atoms in total. The lowest BCUT2D eigenvalue weighted by molar-refractivity contribution is 0.0635. The zero-order chi connectivity index (χ0) is 16.2. The molecule has 0 saturated carbocycles. The highest BCUT2D eigenvalue weighted by Crippen LogP contribution is 2.35. The smallest absolute Gasteiger partial charge is 0.412 e. The van der Waals surface area contributed by atoms with Crippen LogP contribution in [-0.4, -0.2) is 25.1 Å². The number of benzene rings is 1. The fourth-order valence-electron chi connectivity index (χ4n) is 1.91. The molecule has 1 amide bonds. The molecule has 21 heavy (non-hydrogen) atoms. The van der Waals surface area contributed by atoms with Gasteiger partial charge in [0.25, 0.3) is 0 Å². The molecule has 116 valence electrons. The van der Waals surface area contributed by atoms with Crippen molar-refractivity contribution in [2.45, 2.75) is 46.1 Å². The number of ether oxygens (including phenoxy) is 2. The Kier molecular flexibility index (Phi) is 5.35. The van der Waals surface area contributed by atoms with Crippen LogP contribution in [0.25, 0.3) is 0 Å². The van der Waals surface area contributed by atoms with Crippen molar-refractivity contribution in [3.63, 3.8) is 0 Å². The number of amides is 1. The minimum absolute atomic E-state index is 0.152. The van der Waals surface area contributed by atoms with Crippen LogP contribution in [0.3, 0.4) is 0 Å². The number of carbonyl (C=O) groups is 2. The highest BCUT2D eigenvalue weighted by molar-refractivity contribution is 5.90. The number of nitrogens with one attached hydrogen (secondary N) is 1. The number of rotatable bonds is 4. The molecule has 0 bridgehead atoms. The van der Waals surface area contributed by atoms with Gasteiger partial charge in [0.1, 0.15) is 17.6 Å². The van der Waals surface area contributed by atoms with Crippen LogP contribution >= 0.6 is 0 Å². The number of hydrogen-bond donors (Lipinski definition) is 1. The van der Waals surface area contributed by atoms with Crippen LogP contribution in [0.5, 0.6) is 5.75 Å². The summed E-state index contributed by atoms with van der Waals surface area (Å²) in [5, 5.41) is 2.64. The number of aldehydes is 1. The highest BCUT2D eigenvalue weighted by Gasteiger charge is 2.20. The Morgan fingerprint density at radius 3 is 2.33 bits per heavy atom. The monoisotopic (exact) mass is 293 g/mol. The van der Waals surface area contributed by atoms with Gasteiger partial charge < -0.3 is 9.47 Å². The van der Waals surface area contributed by atoms with Gasteiger partial charge in [0.05, 0.1) is 12.8 Å². The van der Waals surface area contributed by atoms with Gasteiger partial charge in [-0.3, -0.25) is 10.1 Å². The molecule has 0 fully saturated rings. The molecule has 1 aromatic rings. The Morgan fingerprint density at radius 2 is 1.90 bits per heavy atom. The molecule has 0 aromatic heterocycles. The quantitative estimate of drug-likeness (QED) is 0.853. The van der Waals surface area contributed by atoms with Gasteiger partial charge in [-0.05, 0) is 44.4 Å². The second kappa shape index (κ2) is 6.61. The molecule has 0 saturated heterocycles. The third-order valence-corrected chi connectivity index (χ3v) is 2.74. The SMILES string of the molecule is COc1c(NC(=O)OC(C)(C)C)cc(C=O)cc1C(C)C. The van der Waals surface area contributed by atoms with E-state index in [9.17, 15) is 9.59 Å². The van der Waals surface area contributed by atoms with Gasteiger partial charge >= 0.3 is 6.09 Å². The molecule has 0 heterocycles. The highest BCUT2D eigenvalue weighted by atomic mass is 16.6. The third-order valence-electron chi connectivity index (χ3n) is 2.74. The lowest BCUT2D eigenvalue weighted by Crippen LogP contribution is -2.27. The first kappa shape index (κ1) is 17.0. The second-order valence-electron chi connectivity index (χ2n) is 6.09. The molecule has 0 aliphatic carbocycles. The Morgan fingerprint density at radius 1 is 1.29 bits per heavy atom. The lowest BCUT2D eigenvalue weighted by atomic mass is 9.98. The van der Waals surface area contributed by atoms with E-state index in [1.165, 1.54) is 7.11 Å². The van der Waals surface area contributed by atoms with Gasteiger partial charge in [0.2, 0.25) is 0 Å². The summed E-state index contributed by atoms with van der Waals surface area (Å²) < 4.78 is 10.6. The van der Waals surface area contributed by atoms with Crippen molar-refractivity contribution in [1.29, 1.82) is 0 Å². The van der Waals surface area contributed by atoms with Crippen LogP contribution < -0.4 is 10.1 Å². The number of hydrogen-bond acceptors (Lipinski definition) is 4. The average Bonchev–Trinajstić information content (AvgIpc) is 2.35. The molecule has 5 heteroatoms. The van der Waals surface area contributed by atoms with E-state index < -0.39 is 11.7 Å². The molecule has 0 aliphatic rings. The molecule has 0 radical (unpaired) electrons. The summed E-state index contributed by atoms with van der Waals surface area (Å²) in [6, 6.07) is 3.33. The van der Waals surface area contributed by atoms with Crippen LogP contribution in [0.15, 0.2) is 12.1 Å². The van der Waals surface area contributed by atoms with E-state index in [0.29, 0.717) is 17.0 Å². The van der Waals surface area contributed by atoms with Crippen LogP contribution in [0.2, 0.25) is 0 Å². The molecular formula is C16H23NO4. The van der Waals surface area contributed by atoms with Gasteiger partial charge in [0.15, 0.2) is 0 Å². The standard InChI is InChI=1S/C16H23NO4/c1-10(2)12-7-11(9-18)8-13(14(12)20-6)17-15(19)21-16(3,4)5/h7-10H,1-6H3,(H,17,19). The molecule has 0 unspecified atom stereocenters. The van der Waals surface area contributed by atoms with Crippen molar-refractivity contribution >= 4 is 18.1 Å². The van der Waals surface area contributed by atoms with Gasteiger partial charge in [0, 0.05) is 5.56 Å². The summed E-state index contributed by atoms with van der Waals surface area (Å²) in [7, 11) is 1.53. The van der Waals surface area contributed by atoms with E-state index in [1.807, 2.05) is 13.8 Å². The van der Waals surface area contributed by atoms with Crippen molar-refractivity contribution < 1.29 is 19.1 Å². The van der Waals surface area contributed by atoms with E-state index in [1.54, 1.807) is 32.9 Å². The fourth-order valence-corrected chi connectivity index (χ4v) is 1.91. The minimum Gasteiger partial charge on any atom is -0.494 e. The van der Waals surface area contributed by atoms with Gasteiger partial charge in [-0.2, -0.15) is 0 Å². The van der Waals surface area contributed by atoms with Crippen LogP contribution in [-0.2, 0) is 4.74 Å². The summed E-state index contributed by atoms with van der Waals surface area (Å²) >= 11 is 0. The maximum Gasteiger partial charge on any atom is 0.412 e. The van der Waals surface area contributed by atoms with E-state index in [4.69, 9.17) is 9.47 Å². The predicted octanol–water partition coefficient (Wildman–Crippen LogP) is 3.98. The molecule has 0 spiro atoms. The molecular weight excluding hydrogens is 270 g/mol. The minimum atomic E-state index is -0.597. The molecule has 1 N–H and O–H groups in total. The van der Waals surface area contributed by atoms with Crippen molar-refractivity contribution in [2.75, 3.05) is 12.4 Å². The number of anilines is 1. The zero-order valence-corrected chi connectivity index (χ0v) is 13.4. The van der Waals surface area contributed by atoms with Gasteiger partial charge in [-0.1, -0.05) is 13.8 Å². The Hall–Kier alpha value is -2.04. The number of methoxy groups -OCH3 is 1. The fraction of sp³-hybridized carbons (Fsp3) is 0.500. The second-order valence-corrected chi connectivity index (χ2v) is 6.09. The molecule has 1 rings (SSSR count). The van der Waals surface area contributed by atoms with Crippen LogP contribution in [0, 0.1) is 0 Å². The normalized spacial score (nSPS) is 11.2. The van der Waals surface area contributed by atoms with Crippen LogP contribution in [0.4, 0.5) is 10.5 Å². The molecule has 1 aromatic carbocycles.